The Morgan fingerprint density at radius 1 is 1.24 bits per heavy atom. The fourth-order valence-corrected chi connectivity index (χ4v) is 2.50. The van der Waals surface area contributed by atoms with Crippen molar-refractivity contribution in [1.82, 2.24) is 24.4 Å². The number of likely N-dealkylation sites (N-methyl/N-ethyl adjacent to an activating group) is 1. The van der Waals surface area contributed by atoms with Crippen molar-refractivity contribution in [3.63, 3.8) is 0 Å². The number of nitrogens with one attached hydrogen (secondary N) is 1. The Hall–Kier alpha value is -3.22. The van der Waals surface area contributed by atoms with Crippen LogP contribution in [0.5, 0.6) is 0 Å². The first-order valence-corrected chi connectivity index (χ1v) is 7.95. The van der Waals surface area contributed by atoms with Crippen LogP contribution in [0, 0.1) is 0 Å². The summed E-state index contributed by atoms with van der Waals surface area (Å²) in [5.41, 5.74) is 1.08. The molecular formula is C18H20N6O. The summed E-state index contributed by atoms with van der Waals surface area (Å²) >= 11 is 0. The van der Waals surface area contributed by atoms with Crippen molar-refractivity contribution in [2.24, 2.45) is 0 Å². The lowest BCUT2D eigenvalue weighted by atomic mass is 10.0. The van der Waals surface area contributed by atoms with E-state index in [1.165, 1.54) is 6.33 Å². The van der Waals surface area contributed by atoms with Gasteiger partial charge in [-0.25, -0.2) is 15.0 Å². The maximum absolute atomic E-state index is 12.6. The third-order valence-corrected chi connectivity index (χ3v) is 3.77. The quantitative estimate of drug-likeness (QED) is 0.742. The fraction of sp³-hybridized carbons (Fsp3) is 0.222. The summed E-state index contributed by atoms with van der Waals surface area (Å²) in [6.45, 7) is 0. The average molecular weight is 336 g/mol. The highest BCUT2D eigenvalue weighted by atomic mass is 16.2. The van der Waals surface area contributed by atoms with Gasteiger partial charge in [0.2, 0.25) is 5.91 Å². The van der Waals surface area contributed by atoms with Crippen molar-refractivity contribution < 1.29 is 4.79 Å². The molecule has 7 heteroatoms. The van der Waals surface area contributed by atoms with Gasteiger partial charge in [-0.3, -0.25) is 9.36 Å². The number of hydrogen-bond donors (Lipinski definition) is 1. The van der Waals surface area contributed by atoms with Gasteiger partial charge in [-0.2, -0.15) is 0 Å². The molecule has 0 aliphatic heterocycles. The minimum Gasteiger partial charge on any atom is -0.358 e. The minimum absolute atomic E-state index is 0.00774. The summed E-state index contributed by atoms with van der Waals surface area (Å²) in [5, 5.41) is 3.23. The van der Waals surface area contributed by atoms with E-state index < -0.39 is 6.04 Å². The van der Waals surface area contributed by atoms with Crippen LogP contribution in [-0.2, 0) is 11.2 Å². The second-order valence-electron chi connectivity index (χ2n) is 5.85. The topological polar surface area (TPSA) is 75.9 Å². The molecule has 2 heterocycles. The molecule has 1 amide bonds. The molecule has 25 heavy (non-hydrogen) atoms. The van der Waals surface area contributed by atoms with Gasteiger partial charge in [0.05, 0.1) is 0 Å². The van der Waals surface area contributed by atoms with Crippen molar-refractivity contribution in [2.75, 3.05) is 19.4 Å². The average Bonchev–Trinajstić information content (AvgIpc) is 3.16. The van der Waals surface area contributed by atoms with E-state index in [2.05, 4.69) is 20.3 Å². The van der Waals surface area contributed by atoms with E-state index in [4.69, 9.17) is 0 Å². The van der Waals surface area contributed by atoms with Crippen molar-refractivity contribution in [3.05, 3.63) is 67.0 Å². The van der Waals surface area contributed by atoms with Crippen LogP contribution in [0.4, 0.5) is 5.82 Å². The van der Waals surface area contributed by atoms with Crippen LogP contribution >= 0.6 is 0 Å². The molecule has 0 saturated heterocycles. The van der Waals surface area contributed by atoms with E-state index in [1.54, 1.807) is 48.3 Å². The molecular weight excluding hydrogens is 316 g/mol. The standard InChI is InChI=1S/C18H20N6O/c1-23(2)18(25)15(10-14-6-4-3-5-7-14)22-16-11-17(21-12-20-16)24-9-8-19-13-24/h3-9,11-13,15H,10H2,1-2H3,(H,20,21,22). The molecule has 3 rings (SSSR count). The number of hydrogen-bond acceptors (Lipinski definition) is 5. The third kappa shape index (κ3) is 4.20. The van der Waals surface area contributed by atoms with Gasteiger partial charge in [0.1, 0.15) is 30.3 Å². The van der Waals surface area contributed by atoms with Gasteiger partial charge in [0, 0.05) is 39.0 Å². The summed E-state index contributed by atoms with van der Waals surface area (Å²) < 4.78 is 1.78. The molecule has 1 aromatic carbocycles. The normalized spacial score (nSPS) is 11.8. The van der Waals surface area contributed by atoms with Crippen LogP contribution in [0.1, 0.15) is 5.56 Å². The molecule has 0 aliphatic carbocycles. The van der Waals surface area contributed by atoms with Crippen LogP contribution in [0.3, 0.4) is 0 Å². The number of nitrogens with zero attached hydrogens (tertiary/aromatic N) is 5. The summed E-state index contributed by atoms with van der Waals surface area (Å²) in [6.07, 6.45) is 7.19. The summed E-state index contributed by atoms with van der Waals surface area (Å²) in [5.74, 6) is 1.27. The first-order chi connectivity index (χ1) is 12.1. The number of imidazole rings is 1. The van der Waals surface area contributed by atoms with Crippen molar-refractivity contribution in [3.8, 4) is 5.82 Å². The molecule has 0 saturated carbocycles. The predicted molar refractivity (Wildman–Crippen MR) is 95.4 cm³/mol. The smallest absolute Gasteiger partial charge is 0.244 e. The SMILES string of the molecule is CN(C)C(=O)C(Cc1ccccc1)Nc1cc(-n2ccnc2)ncn1. The monoisotopic (exact) mass is 336 g/mol. The Morgan fingerprint density at radius 3 is 2.72 bits per heavy atom. The van der Waals surface area contributed by atoms with Gasteiger partial charge in [-0.05, 0) is 5.56 Å². The van der Waals surface area contributed by atoms with Crippen LogP contribution in [-0.4, -0.2) is 50.5 Å². The summed E-state index contributed by atoms with van der Waals surface area (Å²) in [4.78, 5) is 26.6. The molecule has 7 nitrogen and oxygen atoms in total. The maximum atomic E-state index is 12.6. The second kappa shape index (κ2) is 7.57. The summed E-state index contributed by atoms with van der Waals surface area (Å²) in [6, 6.07) is 11.3. The first-order valence-electron chi connectivity index (χ1n) is 7.95. The van der Waals surface area contributed by atoms with Crippen molar-refractivity contribution in [1.29, 1.82) is 0 Å². The van der Waals surface area contributed by atoms with Gasteiger partial charge >= 0.3 is 0 Å². The first kappa shape index (κ1) is 16.6. The highest BCUT2D eigenvalue weighted by Crippen LogP contribution is 2.13. The summed E-state index contributed by atoms with van der Waals surface area (Å²) in [7, 11) is 3.50. The van der Waals surface area contributed by atoms with Crippen LogP contribution < -0.4 is 5.32 Å². The molecule has 0 bridgehead atoms. The molecule has 2 aromatic heterocycles. The number of rotatable bonds is 6. The van der Waals surface area contributed by atoms with Gasteiger partial charge < -0.3 is 10.2 Å². The van der Waals surface area contributed by atoms with E-state index in [1.807, 2.05) is 30.3 Å². The van der Waals surface area contributed by atoms with Gasteiger partial charge in [0.25, 0.3) is 0 Å². The number of carbonyl (C=O) groups is 1. The predicted octanol–water partition coefficient (Wildman–Crippen LogP) is 1.77. The molecule has 3 aromatic rings. The van der Waals surface area contributed by atoms with E-state index in [0.717, 1.165) is 5.56 Å². The molecule has 0 aliphatic rings. The zero-order chi connectivity index (χ0) is 17.6. The zero-order valence-electron chi connectivity index (χ0n) is 14.2. The largest absolute Gasteiger partial charge is 0.358 e. The molecule has 1 atom stereocenters. The van der Waals surface area contributed by atoms with Crippen LogP contribution in [0.2, 0.25) is 0 Å². The van der Waals surface area contributed by atoms with Crippen molar-refractivity contribution >= 4 is 11.7 Å². The highest BCUT2D eigenvalue weighted by Gasteiger charge is 2.21. The minimum atomic E-state index is -0.414. The fourth-order valence-electron chi connectivity index (χ4n) is 2.50. The molecule has 0 radical (unpaired) electrons. The van der Waals surface area contributed by atoms with Crippen molar-refractivity contribution in [2.45, 2.75) is 12.5 Å². The van der Waals surface area contributed by atoms with E-state index in [0.29, 0.717) is 18.1 Å². The highest BCUT2D eigenvalue weighted by molar-refractivity contribution is 5.84. The zero-order valence-corrected chi connectivity index (χ0v) is 14.2. The van der Waals surface area contributed by atoms with Gasteiger partial charge in [-0.15, -0.1) is 0 Å². The van der Waals surface area contributed by atoms with Crippen LogP contribution in [0.25, 0.3) is 5.82 Å². The third-order valence-electron chi connectivity index (χ3n) is 3.77. The Morgan fingerprint density at radius 2 is 2.04 bits per heavy atom. The lowest BCUT2D eigenvalue weighted by Crippen LogP contribution is -2.40. The van der Waals surface area contributed by atoms with Crippen LogP contribution in [0.15, 0.2) is 61.4 Å². The molecule has 0 spiro atoms. The number of benzene rings is 1. The Balaban J connectivity index is 1.82. The van der Waals surface area contributed by atoms with E-state index >= 15 is 0 Å². The Labute approximate surface area is 146 Å². The van der Waals surface area contributed by atoms with E-state index in [-0.39, 0.29) is 5.91 Å². The maximum Gasteiger partial charge on any atom is 0.244 e. The second-order valence-corrected chi connectivity index (χ2v) is 5.85. The molecule has 1 N–H and O–H groups in total. The molecule has 1 unspecified atom stereocenters. The van der Waals surface area contributed by atoms with Gasteiger partial charge in [0.15, 0.2) is 0 Å². The number of anilines is 1. The Kier molecular flexibility index (Phi) is 5.03. The molecule has 0 fully saturated rings. The van der Waals surface area contributed by atoms with E-state index in [9.17, 15) is 4.79 Å². The number of amides is 1. The lowest BCUT2D eigenvalue weighted by Gasteiger charge is -2.22. The van der Waals surface area contributed by atoms with Gasteiger partial charge in [-0.1, -0.05) is 30.3 Å². The lowest BCUT2D eigenvalue weighted by molar-refractivity contribution is -0.129. The number of carbonyl (C=O) groups excluding carboxylic acids is 1. The number of aromatic nitrogens is 4. The Bertz CT molecular complexity index is 817. The molecule has 128 valence electrons.